The van der Waals surface area contributed by atoms with E-state index in [-0.39, 0.29) is 5.41 Å². The molecule has 0 unspecified atom stereocenters. The van der Waals surface area contributed by atoms with Crippen molar-refractivity contribution in [2.75, 3.05) is 12.8 Å². The zero-order valence-electron chi connectivity index (χ0n) is 11.3. The van der Waals surface area contributed by atoms with E-state index in [1.165, 1.54) is 11.1 Å². The first-order valence-electron chi connectivity index (χ1n) is 6.55. The Morgan fingerprint density at radius 2 is 2.05 bits per heavy atom. The lowest BCUT2D eigenvalue weighted by Gasteiger charge is -2.27. The predicted octanol–water partition coefficient (Wildman–Crippen LogP) is 2.16. The Kier molecular flexibility index (Phi) is 4.35. The van der Waals surface area contributed by atoms with Crippen molar-refractivity contribution in [3.63, 3.8) is 0 Å². The molecule has 1 fully saturated rings. The summed E-state index contributed by atoms with van der Waals surface area (Å²) in [7, 11) is -3.16. The number of hydrogen-bond acceptors (Lipinski definition) is 4. The van der Waals surface area contributed by atoms with Crippen LogP contribution in [0.4, 0.5) is 0 Å². The summed E-state index contributed by atoms with van der Waals surface area (Å²) >= 11 is 1.60. The van der Waals surface area contributed by atoms with Gasteiger partial charge in [-0.1, -0.05) is 12.8 Å². The zero-order chi connectivity index (χ0) is 14.1. The molecule has 0 aromatic carbocycles. The molecule has 4 nitrogen and oxygen atoms in total. The molecule has 0 saturated heterocycles. The number of aliphatic hydroxyl groups is 1. The van der Waals surface area contributed by atoms with Gasteiger partial charge >= 0.3 is 0 Å². The number of sulfonamides is 1. The molecule has 2 N–H and O–H groups in total. The quantitative estimate of drug-likeness (QED) is 0.876. The van der Waals surface area contributed by atoms with E-state index in [1.54, 1.807) is 18.3 Å². The summed E-state index contributed by atoms with van der Waals surface area (Å²) in [4.78, 5) is 2.14. The van der Waals surface area contributed by atoms with Gasteiger partial charge in [-0.3, -0.25) is 0 Å². The molecule has 108 valence electrons. The van der Waals surface area contributed by atoms with Gasteiger partial charge in [0.05, 0.1) is 12.4 Å². The zero-order valence-corrected chi connectivity index (χ0v) is 13.0. The molecule has 0 bridgehead atoms. The molecule has 1 aliphatic carbocycles. The third-order valence-corrected chi connectivity index (χ3v) is 5.97. The normalized spacial score (nSPS) is 20.6. The summed E-state index contributed by atoms with van der Waals surface area (Å²) < 4.78 is 25.3. The van der Waals surface area contributed by atoms with E-state index in [0.29, 0.717) is 6.54 Å². The van der Waals surface area contributed by atoms with Crippen molar-refractivity contribution in [1.29, 1.82) is 0 Å². The van der Waals surface area contributed by atoms with Crippen molar-refractivity contribution >= 4 is 21.4 Å². The lowest BCUT2D eigenvalue weighted by atomic mass is 9.85. The van der Waals surface area contributed by atoms with Crippen molar-refractivity contribution < 1.29 is 13.5 Å². The van der Waals surface area contributed by atoms with Crippen molar-refractivity contribution in [3.05, 3.63) is 21.9 Å². The number of aliphatic hydroxyl groups excluding tert-OH is 1. The second kappa shape index (κ2) is 5.52. The van der Waals surface area contributed by atoms with E-state index >= 15 is 0 Å². The van der Waals surface area contributed by atoms with E-state index < -0.39 is 16.1 Å². The first-order valence-corrected chi connectivity index (χ1v) is 9.26. The number of nitrogens with one attached hydrogen (secondary N) is 1. The molecule has 0 amide bonds. The molecule has 0 spiro atoms. The molecule has 0 radical (unpaired) electrons. The van der Waals surface area contributed by atoms with Crippen molar-refractivity contribution in [2.45, 2.75) is 44.1 Å². The molecule has 6 heteroatoms. The lowest BCUT2D eigenvalue weighted by molar-refractivity contribution is 0.203. The maximum atomic E-state index is 11.3. The summed E-state index contributed by atoms with van der Waals surface area (Å²) in [6.07, 6.45) is 5.02. The van der Waals surface area contributed by atoms with Crippen molar-refractivity contribution in [3.8, 4) is 0 Å². The summed E-state index contributed by atoms with van der Waals surface area (Å²) in [6.45, 7) is 2.22. The third-order valence-electron chi connectivity index (χ3n) is 3.79. The summed E-state index contributed by atoms with van der Waals surface area (Å²) in [5.41, 5.74) is -0.0825. The highest BCUT2D eigenvalue weighted by Gasteiger charge is 2.37. The highest BCUT2D eigenvalue weighted by molar-refractivity contribution is 7.88. The van der Waals surface area contributed by atoms with Crippen LogP contribution in [0.25, 0.3) is 0 Å². The predicted molar refractivity (Wildman–Crippen MR) is 77.9 cm³/mol. The van der Waals surface area contributed by atoms with Gasteiger partial charge < -0.3 is 5.11 Å². The minimum atomic E-state index is -3.16. The molecule has 1 aliphatic rings. The molecule has 1 saturated carbocycles. The number of thiophene rings is 1. The van der Waals surface area contributed by atoms with Gasteiger partial charge in [-0.15, -0.1) is 11.3 Å². The fourth-order valence-corrected chi connectivity index (χ4v) is 4.42. The Hall–Kier alpha value is -0.430. The SMILES string of the molecule is C[C@H](O)c1ccc(C2(CNS(C)(=O)=O)CCCC2)s1. The average Bonchev–Trinajstić information content (AvgIpc) is 2.95. The lowest BCUT2D eigenvalue weighted by Crippen LogP contribution is -2.37. The van der Waals surface area contributed by atoms with Crippen LogP contribution in [0.5, 0.6) is 0 Å². The summed E-state index contributed by atoms with van der Waals surface area (Å²) in [6, 6.07) is 3.99. The Bertz CT molecular complexity index is 528. The number of hydrogen-bond donors (Lipinski definition) is 2. The Labute approximate surface area is 118 Å². The average molecular weight is 303 g/mol. The minimum Gasteiger partial charge on any atom is -0.388 e. The Morgan fingerprint density at radius 3 is 2.53 bits per heavy atom. The smallest absolute Gasteiger partial charge is 0.208 e. The maximum absolute atomic E-state index is 11.3. The van der Waals surface area contributed by atoms with Gasteiger partial charge in [-0.2, -0.15) is 0 Å². The Balaban J connectivity index is 2.23. The summed E-state index contributed by atoms with van der Waals surface area (Å²) in [5.74, 6) is 0. The Morgan fingerprint density at radius 1 is 1.42 bits per heavy atom. The van der Waals surface area contributed by atoms with E-state index in [4.69, 9.17) is 0 Å². The fourth-order valence-electron chi connectivity index (χ4n) is 2.69. The fraction of sp³-hybridized carbons (Fsp3) is 0.692. The second-order valence-corrected chi connectivity index (χ2v) is 8.41. The van der Waals surface area contributed by atoms with Gasteiger partial charge in [-0.25, -0.2) is 13.1 Å². The van der Waals surface area contributed by atoms with Crippen LogP contribution in [-0.4, -0.2) is 26.3 Å². The topological polar surface area (TPSA) is 66.4 Å². The van der Waals surface area contributed by atoms with Crippen LogP contribution in [-0.2, 0) is 15.4 Å². The van der Waals surface area contributed by atoms with Gasteiger partial charge in [-0.05, 0) is 31.9 Å². The molecule has 1 atom stereocenters. The standard InChI is InChI=1S/C13H21NO3S2/c1-10(15)11-5-6-12(18-11)13(7-3-4-8-13)9-14-19(2,16)17/h5-6,10,14-15H,3-4,7-9H2,1-2H3/t10-/m0/s1. The third kappa shape index (κ3) is 3.56. The van der Waals surface area contributed by atoms with Crippen LogP contribution in [0.1, 0.15) is 48.5 Å². The molecular formula is C13H21NO3S2. The second-order valence-electron chi connectivity index (χ2n) is 5.46. The van der Waals surface area contributed by atoms with Gasteiger partial charge in [0.2, 0.25) is 10.0 Å². The van der Waals surface area contributed by atoms with Crippen molar-refractivity contribution in [1.82, 2.24) is 4.72 Å². The van der Waals surface area contributed by atoms with Crippen LogP contribution >= 0.6 is 11.3 Å². The van der Waals surface area contributed by atoms with Crippen LogP contribution in [0, 0.1) is 0 Å². The molecule has 1 aromatic heterocycles. The molecule has 19 heavy (non-hydrogen) atoms. The molecular weight excluding hydrogens is 282 g/mol. The van der Waals surface area contributed by atoms with E-state index in [9.17, 15) is 13.5 Å². The van der Waals surface area contributed by atoms with Gasteiger partial charge in [0.15, 0.2) is 0 Å². The van der Waals surface area contributed by atoms with Gasteiger partial charge in [0.1, 0.15) is 0 Å². The highest BCUT2D eigenvalue weighted by atomic mass is 32.2. The van der Waals surface area contributed by atoms with Crippen molar-refractivity contribution in [2.24, 2.45) is 0 Å². The van der Waals surface area contributed by atoms with Gasteiger partial charge in [0.25, 0.3) is 0 Å². The molecule has 1 aromatic rings. The van der Waals surface area contributed by atoms with E-state index in [1.807, 2.05) is 12.1 Å². The van der Waals surface area contributed by atoms with Gasteiger partial charge in [0, 0.05) is 21.7 Å². The summed E-state index contributed by atoms with van der Waals surface area (Å²) in [5, 5.41) is 9.62. The molecule has 1 heterocycles. The highest BCUT2D eigenvalue weighted by Crippen LogP contribution is 2.44. The first kappa shape index (κ1) is 15.0. The first-order chi connectivity index (χ1) is 8.82. The van der Waals surface area contributed by atoms with Crippen LogP contribution in [0.3, 0.4) is 0 Å². The van der Waals surface area contributed by atoms with Crippen LogP contribution < -0.4 is 4.72 Å². The maximum Gasteiger partial charge on any atom is 0.208 e. The van der Waals surface area contributed by atoms with E-state index in [0.717, 1.165) is 30.6 Å². The molecule has 2 rings (SSSR count). The number of rotatable bonds is 5. The van der Waals surface area contributed by atoms with Crippen LogP contribution in [0.15, 0.2) is 12.1 Å². The van der Waals surface area contributed by atoms with E-state index in [2.05, 4.69) is 4.72 Å². The monoisotopic (exact) mass is 303 g/mol. The largest absolute Gasteiger partial charge is 0.388 e. The van der Waals surface area contributed by atoms with Crippen LogP contribution in [0.2, 0.25) is 0 Å². The minimum absolute atomic E-state index is 0.0825. The molecule has 0 aliphatic heterocycles.